The van der Waals surface area contributed by atoms with Gasteiger partial charge in [-0.1, -0.05) is 62.2 Å². The second-order valence-corrected chi connectivity index (χ2v) is 7.19. The molecular weight excluding hydrogens is 380 g/mol. The average molecular weight is 396 g/mol. The molecule has 3 rings (SSSR count). The molecule has 0 radical (unpaired) electrons. The summed E-state index contributed by atoms with van der Waals surface area (Å²) in [7, 11) is 0. The number of aryl methyl sites for hydroxylation is 1. The van der Waals surface area contributed by atoms with Crippen molar-refractivity contribution in [3.05, 3.63) is 68.1 Å². The zero-order valence-corrected chi connectivity index (χ0v) is 14.4. The van der Waals surface area contributed by atoms with Gasteiger partial charge in [0.15, 0.2) is 0 Å². The highest BCUT2D eigenvalue weighted by Crippen LogP contribution is 2.54. The van der Waals surface area contributed by atoms with Gasteiger partial charge < -0.3 is 5.11 Å². The van der Waals surface area contributed by atoms with Crippen LogP contribution < -0.4 is 0 Å². The maximum absolute atomic E-state index is 10.6. The van der Waals surface area contributed by atoms with Gasteiger partial charge in [-0.15, -0.1) is 0 Å². The Labute approximate surface area is 136 Å². The first-order valence-electron chi connectivity index (χ1n) is 6.76. The van der Waals surface area contributed by atoms with E-state index in [4.69, 9.17) is 0 Å². The Bertz CT molecular complexity index is 624. The van der Waals surface area contributed by atoms with Crippen LogP contribution in [-0.4, -0.2) is 5.11 Å². The van der Waals surface area contributed by atoms with Gasteiger partial charge in [0.25, 0.3) is 0 Å². The molecular formula is C17H16Br2O. The molecule has 0 amide bonds. The van der Waals surface area contributed by atoms with Gasteiger partial charge >= 0.3 is 0 Å². The van der Waals surface area contributed by atoms with Gasteiger partial charge in [0.2, 0.25) is 0 Å². The molecule has 0 aromatic heterocycles. The molecule has 1 N–H and O–H groups in total. The van der Waals surface area contributed by atoms with E-state index in [1.54, 1.807) is 0 Å². The molecule has 20 heavy (non-hydrogen) atoms. The maximum Gasteiger partial charge on any atom is 0.0835 e. The summed E-state index contributed by atoms with van der Waals surface area (Å²) in [6.07, 6.45) is 0.648. The summed E-state index contributed by atoms with van der Waals surface area (Å²) in [4.78, 5) is 0. The van der Waals surface area contributed by atoms with Gasteiger partial charge in [0, 0.05) is 8.95 Å². The zero-order chi connectivity index (χ0) is 14.3. The lowest BCUT2D eigenvalue weighted by atomic mass is 10.0. The molecule has 0 aliphatic heterocycles. The Kier molecular flexibility index (Phi) is 4.02. The van der Waals surface area contributed by atoms with Crippen molar-refractivity contribution in [3.8, 4) is 0 Å². The van der Waals surface area contributed by atoms with Gasteiger partial charge in [-0.3, -0.25) is 0 Å². The zero-order valence-electron chi connectivity index (χ0n) is 11.2. The number of benzene rings is 2. The van der Waals surface area contributed by atoms with E-state index in [1.807, 2.05) is 12.1 Å². The summed E-state index contributed by atoms with van der Waals surface area (Å²) in [5.41, 5.74) is 3.48. The van der Waals surface area contributed by atoms with E-state index in [1.165, 1.54) is 11.1 Å². The summed E-state index contributed by atoms with van der Waals surface area (Å²) >= 11 is 7.12. The molecule has 0 bridgehead atoms. The number of halogens is 2. The van der Waals surface area contributed by atoms with Crippen LogP contribution in [0.25, 0.3) is 0 Å². The van der Waals surface area contributed by atoms with Gasteiger partial charge in [-0.2, -0.15) is 0 Å². The Morgan fingerprint density at radius 1 is 1.10 bits per heavy atom. The molecule has 2 aromatic carbocycles. The monoisotopic (exact) mass is 394 g/mol. The third-order valence-corrected chi connectivity index (χ3v) is 5.61. The first-order chi connectivity index (χ1) is 9.58. The van der Waals surface area contributed by atoms with Crippen molar-refractivity contribution in [2.75, 3.05) is 0 Å². The number of rotatable bonds is 3. The molecule has 0 spiro atoms. The molecule has 1 aliphatic carbocycles. The van der Waals surface area contributed by atoms with Crippen molar-refractivity contribution in [2.45, 2.75) is 25.4 Å². The van der Waals surface area contributed by atoms with E-state index >= 15 is 0 Å². The molecule has 0 heterocycles. The van der Waals surface area contributed by atoms with E-state index in [2.05, 4.69) is 69.1 Å². The smallest absolute Gasteiger partial charge is 0.0835 e. The van der Waals surface area contributed by atoms with Crippen molar-refractivity contribution >= 4 is 31.9 Å². The lowest BCUT2D eigenvalue weighted by molar-refractivity contribution is 0.150. The second-order valence-electron chi connectivity index (χ2n) is 5.48. The number of aliphatic hydroxyl groups excluding tert-OH is 1. The lowest BCUT2D eigenvalue weighted by Crippen LogP contribution is -2.03. The highest BCUT2D eigenvalue weighted by atomic mass is 79.9. The number of aliphatic hydroxyl groups is 1. The van der Waals surface area contributed by atoms with Crippen LogP contribution in [0.4, 0.5) is 0 Å². The minimum absolute atomic E-state index is 0.323. The quantitative estimate of drug-likeness (QED) is 0.741. The Morgan fingerprint density at radius 3 is 2.50 bits per heavy atom. The molecule has 3 atom stereocenters. The summed E-state index contributed by atoms with van der Waals surface area (Å²) in [5.74, 6) is 0.807. The van der Waals surface area contributed by atoms with Crippen LogP contribution in [0.3, 0.4) is 0 Å². The van der Waals surface area contributed by atoms with Crippen molar-refractivity contribution in [1.82, 2.24) is 0 Å². The van der Waals surface area contributed by atoms with E-state index in [9.17, 15) is 5.11 Å². The van der Waals surface area contributed by atoms with Crippen LogP contribution in [0.1, 0.15) is 35.1 Å². The van der Waals surface area contributed by atoms with Gasteiger partial charge in [-0.25, -0.2) is 0 Å². The molecule has 104 valence electrons. The lowest BCUT2D eigenvalue weighted by Gasteiger charge is -2.15. The van der Waals surface area contributed by atoms with Crippen molar-refractivity contribution in [2.24, 2.45) is 5.92 Å². The third-order valence-electron chi connectivity index (χ3n) is 4.07. The Hall–Kier alpha value is -0.640. The van der Waals surface area contributed by atoms with Crippen molar-refractivity contribution in [1.29, 1.82) is 0 Å². The molecule has 1 nitrogen and oxygen atoms in total. The molecule has 2 aromatic rings. The van der Waals surface area contributed by atoms with Crippen LogP contribution in [0.2, 0.25) is 0 Å². The molecule has 0 saturated heterocycles. The summed E-state index contributed by atoms with van der Waals surface area (Å²) in [6, 6.07) is 14.6. The first kappa shape index (κ1) is 14.3. The van der Waals surface area contributed by atoms with Gasteiger partial charge in [0.05, 0.1) is 6.10 Å². The van der Waals surface area contributed by atoms with Gasteiger partial charge in [0.1, 0.15) is 0 Å². The molecule has 3 unspecified atom stereocenters. The normalized spacial score (nSPS) is 22.6. The first-order valence-corrected chi connectivity index (χ1v) is 8.35. The third kappa shape index (κ3) is 2.72. The average Bonchev–Trinajstić information content (AvgIpc) is 3.23. The minimum Gasteiger partial charge on any atom is -0.388 e. The number of hydrogen-bond donors (Lipinski definition) is 1. The standard InChI is InChI=1S/C17H16Br2O/c1-10-7-16(19)14(9-15(10)18)17(20)13-8-12(13)11-5-3-2-4-6-11/h2-7,9,12-13,17,20H,8H2,1H3. The predicted molar refractivity (Wildman–Crippen MR) is 88.8 cm³/mol. The van der Waals surface area contributed by atoms with Crippen molar-refractivity contribution < 1.29 is 5.11 Å². The fraction of sp³-hybridized carbons (Fsp3) is 0.294. The Balaban J connectivity index is 1.82. The van der Waals surface area contributed by atoms with Crippen LogP contribution in [0.15, 0.2) is 51.4 Å². The predicted octanol–water partition coefficient (Wildman–Crippen LogP) is 5.36. The van der Waals surface area contributed by atoms with E-state index < -0.39 is 6.10 Å². The highest BCUT2D eigenvalue weighted by Gasteiger charge is 2.44. The van der Waals surface area contributed by atoms with E-state index in [0.29, 0.717) is 11.8 Å². The fourth-order valence-corrected chi connectivity index (χ4v) is 3.82. The van der Waals surface area contributed by atoms with Crippen molar-refractivity contribution in [3.63, 3.8) is 0 Å². The Morgan fingerprint density at radius 2 is 1.80 bits per heavy atom. The molecule has 3 heteroatoms. The van der Waals surface area contributed by atoms with E-state index in [-0.39, 0.29) is 0 Å². The fourth-order valence-electron chi connectivity index (χ4n) is 2.77. The van der Waals surface area contributed by atoms with Crippen LogP contribution in [0, 0.1) is 12.8 Å². The minimum atomic E-state index is -0.411. The summed E-state index contributed by atoms with van der Waals surface area (Å²) in [5, 5.41) is 10.6. The molecule has 1 fully saturated rings. The molecule has 1 aliphatic rings. The van der Waals surface area contributed by atoms with Gasteiger partial charge in [-0.05, 0) is 54.0 Å². The van der Waals surface area contributed by atoms with Crippen LogP contribution in [-0.2, 0) is 0 Å². The topological polar surface area (TPSA) is 20.2 Å². The molecule has 1 saturated carbocycles. The maximum atomic E-state index is 10.6. The van der Waals surface area contributed by atoms with Crippen LogP contribution >= 0.6 is 31.9 Å². The van der Waals surface area contributed by atoms with Crippen LogP contribution in [0.5, 0.6) is 0 Å². The summed E-state index contributed by atoms with van der Waals surface area (Å²) < 4.78 is 2.04. The SMILES string of the molecule is Cc1cc(Br)c(C(O)C2CC2c2ccccc2)cc1Br. The number of hydrogen-bond acceptors (Lipinski definition) is 1. The summed E-state index contributed by atoms with van der Waals surface area (Å²) in [6.45, 7) is 2.05. The van der Waals surface area contributed by atoms with E-state index in [0.717, 1.165) is 20.9 Å². The second kappa shape index (κ2) is 5.63. The largest absolute Gasteiger partial charge is 0.388 e. The highest BCUT2D eigenvalue weighted by molar-refractivity contribution is 9.11.